The molecule has 2 unspecified atom stereocenters. The van der Waals surface area contributed by atoms with Gasteiger partial charge in [0.2, 0.25) is 11.8 Å². The topological polar surface area (TPSA) is 58.6 Å². The van der Waals surface area contributed by atoms with Crippen LogP contribution in [-0.2, 0) is 14.3 Å². The first-order valence-corrected chi connectivity index (χ1v) is 5.59. The van der Waals surface area contributed by atoms with Crippen LogP contribution in [0.1, 0.15) is 19.8 Å². The van der Waals surface area contributed by atoms with Crippen LogP contribution < -0.4 is 5.32 Å². The van der Waals surface area contributed by atoms with Crippen LogP contribution in [-0.4, -0.2) is 50.1 Å². The maximum Gasteiger partial charge on any atom is 0.246 e. The predicted molar refractivity (Wildman–Crippen MR) is 59.8 cm³/mol. The van der Waals surface area contributed by atoms with E-state index in [1.807, 2.05) is 0 Å². The zero-order valence-electron chi connectivity index (χ0n) is 10.2. The maximum absolute atomic E-state index is 11.7. The van der Waals surface area contributed by atoms with Crippen LogP contribution in [0, 0.1) is 5.92 Å². The Bertz CT molecular complexity index is 268. The number of piperidine rings is 1. The smallest absolute Gasteiger partial charge is 0.246 e. The van der Waals surface area contributed by atoms with Crippen LogP contribution in [0.5, 0.6) is 0 Å². The van der Waals surface area contributed by atoms with E-state index in [1.54, 1.807) is 7.11 Å². The molecule has 16 heavy (non-hydrogen) atoms. The normalized spacial score (nSPS) is 23.7. The van der Waals surface area contributed by atoms with Gasteiger partial charge in [-0.05, 0) is 12.3 Å². The summed E-state index contributed by atoms with van der Waals surface area (Å²) in [4.78, 5) is 24.2. The Labute approximate surface area is 96.1 Å². The van der Waals surface area contributed by atoms with Crippen molar-refractivity contribution in [1.82, 2.24) is 10.2 Å². The maximum atomic E-state index is 11.7. The highest BCUT2D eigenvalue weighted by atomic mass is 16.5. The van der Waals surface area contributed by atoms with Gasteiger partial charge in [0.05, 0.1) is 6.04 Å². The Morgan fingerprint density at radius 1 is 1.56 bits per heavy atom. The molecule has 0 aliphatic carbocycles. The number of carbonyl (C=O) groups excluding carboxylic acids is 2. The average Bonchev–Trinajstić information content (AvgIpc) is 2.25. The van der Waals surface area contributed by atoms with E-state index in [0.29, 0.717) is 25.4 Å². The van der Waals surface area contributed by atoms with Gasteiger partial charge < -0.3 is 10.1 Å². The van der Waals surface area contributed by atoms with Crippen LogP contribution in [0.3, 0.4) is 0 Å². The average molecular weight is 228 g/mol. The molecule has 2 amide bonds. The minimum Gasteiger partial charge on any atom is -0.384 e. The first-order chi connectivity index (χ1) is 7.56. The van der Waals surface area contributed by atoms with Crippen molar-refractivity contribution in [3.63, 3.8) is 0 Å². The first kappa shape index (κ1) is 13.1. The Morgan fingerprint density at radius 3 is 2.88 bits per heavy atom. The number of rotatable bonds is 5. The van der Waals surface area contributed by atoms with E-state index in [2.05, 4.69) is 12.2 Å². The Morgan fingerprint density at radius 2 is 2.25 bits per heavy atom. The summed E-state index contributed by atoms with van der Waals surface area (Å²) in [6.07, 6.45) is 1.04. The minimum absolute atomic E-state index is 0.0898. The van der Waals surface area contributed by atoms with Crippen LogP contribution in [0.15, 0.2) is 0 Å². The van der Waals surface area contributed by atoms with Gasteiger partial charge in [0, 0.05) is 33.7 Å². The van der Waals surface area contributed by atoms with Crippen molar-refractivity contribution in [2.24, 2.45) is 5.92 Å². The van der Waals surface area contributed by atoms with E-state index in [9.17, 15) is 9.59 Å². The summed E-state index contributed by atoms with van der Waals surface area (Å²) < 4.78 is 5.02. The van der Waals surface area contributed by atoms with E-state index in [1.165, 1.54) is 11.9 Å². The molecule has 0 spiro atoms. The lowest BCUT2D eigenvalue weighted by atomic mass is 10.0. The summed E-state index contributed by atoms with van der Waals surface area (Å²) in [7, 11) is 3.20. The van der Waals surface area contributed by atoms with Gasteiger partial charge in [-0.3, -0.25) is 14.5 Å². The van der Waals surface area contributed by atoms with Crippen molar-refractivity contribution in [3.05, 3.63) is 0 Å². The second kappa shape index (κ2) is 5.96. The molecule has 1 N–H and O–H groups in total. The predicted octanol–water partition coefficient (Wildman–Crippen LogP) is 0.00590. The molecule has 1 fully saturated rings. The lowest BCUT2D eigenvalue weighted by Crippen LogP contribution is -2.52. The van der Waals surface area contributed by atoms with E-state index < -0.39 is 0 Å². The second-order valence-electron chi connectivity index (χ2n) is 4.35. The molecule has 1 aliphatic rings. The fraction of sp³-hybridized carbons (Fsp3) is 0.818. The quantitative estimate of drug-likeness (QED) is 0.673. The van der Waals surface area contributed by atoms with Gasteiger partial charge >= 0.3 is 0 Å². The molecular formula is C11H20N2O3. The van der Waals surface area contributed by atoms with Crippen molar-refractivity contribution in [1.29, 1.82) is 0 Å². The van der Waals surface area contributed by atoms with Gasteiger partial charge in [0.25, 0.3) is 0 Å². The molecule has 1 rings (SSSR count). The minimum atomic E-state index is -0.220. The fourth-order valence-corrected chi connectivity index (χ4v) is 1.79. The largest absolute Gasteiger partial charge is 0.384 e. The van der Waals surface area contributed by atoms with Crippen LogP contribution in [0.2, 0.25) is 0 Å². The highest BCUT2D eigenvalue weighted by molar-refractivity contribution is 6.00. The third-order valence-electron chi connectivity index (χ3n) is 2.81. The summed E-state index contributed by atoms with van der Waals surface area (Å²) in [6, 6.07) is -0.220. The van der Waals surface area contributed by atoms with Gasteiger partial charge in [-0.25, -0.2) is 0 Å². The molecule has 5 nitrogen and oxygen atoms in total. The lowest BCUT2D eigenvalue weighted by Gasteiger charge is -2.29. The molecule has 1 saturated heterocycles. The number of imide groups is 1. The number of hydrogen-bond donors (Lipinski definition) is 1. The molecule has 0 radical (unpaired) electrons. The standard InChI is InChI=1S/C11H20N2O3/c1-8(7-16-3)6-12-9-4-5-10(14)13(2)11(9)15/h8-9,12H,4-7H2,1-3H3. The van der Waals surface area contributed by atoms with Crippen LogP contribution in [0.4, 0.5) is 0 Å². The molecule has 0 aromatic carbocycles. The van der Waals surface area contributed by atoms with Crippen molar-refractivity contribution >= 4 is 11.8 Å². The molecule has 5 heteroatoms. The van der Waals surface area contributed by atoms with Gasteiger partial charge in [0.1, 0.15) is 0 Å². The molecule has 0 bridgehead atoms. The molecule has 1 heterocycles. The number of ether oxygens (including phenoxy) is 1. The number of amides is 2. The van der Waals surface area contributed by atoms with Crippen molar-refractivity contribution < 1.29 is 14.3 Å². The van der Waals surface area contributed by atoms with Gasteiger partial charge in [-0.1, -0.05) is 6.92 Å². The van der Waals surface area contributed by atoms with Crippen LogP contribution in [0.25, 0.3) is 0 Å². The Hall–Kier alpha value is -0.940. The van der Waals surface area contributed by atoms with Gasteiger partial charge in [-0.2, -0.15) is 0 Å². The molecule has 1 aliphatic heterocycles. The molecule has 0 aromatic heterocycles. The summed E-state index contributed by atoms with van der Waals surface area (Å²) in [5.41, 5.74) is 0. The zero-order valence-corrected chi connectivity index (χ0v) is 10.2. The SMILES string of the molecule is COCC(C)CNC1CCC(=O)N(C)C1=O. The van der Waals surface area contributed by atoms with Crippen molar-refractivity contribution in [2.75, 3.05) is 27.3 Å². The molecule has 2 atom stereocenters. The Kier molecular flexibility index (Phi) is 4.89. The first-order valence-electron chi connectivity index (χ1n) is 5.59. The molecule has 92 valence electrons. The summed E-state index contributed by atoms with van der Waals surface area (Å²) >= 11 is 0. The highest BCUT2D eigenvalue weighted by Gasteiger charge is 2.31. The van der Waals surface area contributed by atoms with Gasteiger partial charge in [-0.15, -0.1) is 0 Å². The van der Waals surface area contributed by atoms with E-state index in [-0.39, 0.29) is 17.9 Å². The lowest BCUT2D eigenvalue weighted by molar-refractivity contribution is -0.148. The number of methoxy groups -OCH3 is 1. The van der Waals surface area contributed by atoms with Gasteiger partial charge in [0.15, 0.2) is 0 Å². The van der Waals surface area contributed by atoms with E-state index in [0.717, 1.165) is 6.54 Å². The van der Waals surface area contributed by atoms with Crippen molar-refractivity contribution in [2.45, 2.75) is 25.8 Å². The number of nitrogens with zero attached hydrogens (tertiary/aromatic N) is 1. The summed E-state index contributed by atoms with van der Waals surface area (Å²) in [5, 5.41) is 3.18. The van der Waals surface area contributed by atoms with E-state index >= 15 is 0 Å². The van der Waals surface area contributed by atoms with Crippen molar-refractivity contribution in [3.8, 4) is 0 Å². The fourth-order valence-electron chi connectivity index (χ4n) is 1.79. The number of likely N-dealkylation sites (N-methyl/N-ethyl adjacent to an activating group) is 1. The summed E-state index contributed by atoms with van der Waals surface area (Å²) in [6.45, 7) is 3.45. The highest BCUT2D eigenvalue weighted by Crippen LogP contribution is 2.11. The molecular weight excluding hydrogens is 208 g/mol. The number of carbonyl (C=O) groups is 2. The number of hydrogen-bond acceptors (Lipinski definition) is 4. The second-order valence-corrected chi connectivity index (χ2v) is 4.35. The third-order valence-corrected chi connectivity index (χ3v) is 2.81. The zero-order chi connectivity index (χ0) is 12.1. The third kappa shape index (κ3) is 3.28. The molecule has 0 aromatic rings. The number of nitrogens with one attached hydrogen (secondary N) is 1. The summed E-state index contributed by atoms with van der Waals surface area (Å²) in [5.74, 6) is 0.148. The molecule has 0 saturated carbocycles. The van der Waals surface area contributed by atoms with Crippen LogP contribution >= 0.6 is 0 Å². The van der Waals surface area contributed by atoms with E-state index in [4.69, 9.17) is 4.74 Å². The Balaban J connectivity index is 2.37. The number of likely N-dealkylation sites (tertiary alicyclic amines) is 1. The monoisotopic (exact) mass is 228 g/mol.